The monoisotopic (exact) mass is 802 g/mol. The number of benzene rings is 9. The van der Waals surface area contributed by atoms with Crippen molar-refractivity contribution in [2.45, 2.75) is 80.1 Å². The third-order valence-corrected chi connectivity index (χ3v) is 12.7. The molecule has 0 fully saturated rings. The molecule has 0 heterocycles. The highest BCUT2D eigenvalue weighted by molar-refractivity contribution is 6.22. The summed E-state index contributed by atoms with van der Waals surface area (Å²) < 4.78 is 0. The molecule has 0 amide bonds. The molecule has 0 nitrogen and oxygen atoms in total. The molecule has 0 aromatic heterocycles. The molecular formula is C62H58. The predicted octanol–water partition coefficient (Wildman–Crippen LogP) is 17.8. The summed E-state index contributed by atoms with van der Waals surface area (Å²) in [5, 5.41) is 5.08. The Bertz CT molecular complexity index is 2830. The molecule has 62 heavy (non-hydrogen) atoms. The molecule has 0 radical (unpaired) electrons. The Labute approximate surface area is 370 Å². The van der Waals surface area contributed by atoms with E-state index in [1.165, 1.54) is 122 Å². The van der Waals surface area contributed by atoms with E-state index in [9.17, 15) is 0 Å². The van der Waals surface area contributed by atoms with Crippen LogP contribution < -0.4 is 0 Å². The lowest BCUT2D eigenvalue weighted by Gasteiger charge is -2.25. The number of aryl methyl sites for hydroxylation is 4. The van der Waals surface area contributed by atoms with Crippen LogP contribution in [0.25, 0.3) is 88.3 Å². The van der Waals surface area contributed by atoms with Crippen LogP contribution in [0.15, 0.2) is 170 Å². The summed E-state index contributed by atoms with van der Waals surface area (Å²) in [7, 11) is 0. The molecule has 0 spiro atoms. The smallest absolute Gasteiger partial charge is 0.00258 e. The molecule has 0 saturated carbocycles. The normalized spacial score (nSPS) is 12.0. The Morgan fingerprint density at radius 1 is 0.242 bits per heavy atom. The second kappa shape index (κ2) is 15.8. The van der Waals surface area contributed by atoms with Crippen molar-refractivity contribution < 1.29 is 0 Å². The molecule has 0 saturated heterocycles. The third-order valence-electron chi connectivity index (χ3n) is 12.7. The summed E-state index contributed by atoms with van der Waals surface area (Å²) in [5.41, 5.74) is 22.4. The van der Waals surface area contributed by atoms with Gasteiger partial charge in [-0.05, 0) is 186 Å². The second-order valence-electron chi connectivity index (χ2n) is 19.8. The van der Waals surface area contributed by atoms with E-state index in [-0.39, 0.29) is 10.8 Å². The lowest BCUT2D eigenvalue weighted by molar-refractivity contribution is 0.590. The largest absolute Gasteiger partial charge is 0.0614 e. The summed E-state index contributed by atoms with van der Waals surface area (Å²) in [4.78, 5) is 0. The van der Waals surface area contributed by atoms with Crippen LogP contribution in [0, 0.1) is 27.7 Å². The molecule has 9 aromatic rings. The van der Waals surface area contributed by atoms with Crippen molar-refractivity contribution in [2.24, 2.45) is 0 Å². The zero-order chi connectivity index (χ0) is 43.5. The van der Waals surface area contributed by atoms with Gasteiger partial charge < -0.3 is 0 Å². The zero-order valence-electron chi connectivity index (χ0n) is 38.2. The number of hydrogen-bond acceptors (Lipinski definition) is 0. The first-order chi connectivity index (χ1) is 29.6. The number of hydrogen-bond donors (Lipinski definition) is 0. The zero-order valence-corrected chi connectivity index (χ0v) is 38.2. The van der Waals surface area contributed by atoms with Gasteiger partial charge in [-0.25, -0.2) is 0 Å². The first-order valence-corrected chi connectivity index (χ1v) is 22.2. The summed E-state index contributed by atoms with van der Waals surface area (Å²) >= 11 is 0. The highest BCUT2D eigenvalue weighted by Crippen LogP contribution is 2.48. The van der Waals surface area contributed by atoms with Gasteiger partial charge in [0.2, 0.25) is 0 Å². The summed E-state index contributed by atoms with van der Waals surface area (Å²) in [5.74, 6) is 0. The molecule has 0 heteroatoms. The van der Waals surface area contributed by atoms with Crippen molar-refractivity contribution in [3.8, 4) is 66.8 Å². The van der Waals surface area contributed by atoms with Crippen molar-refractivity contribution in [1.82, 2.24) is 0 Å². The quantitative estimate of drug-likeness (QED) is 0.147. The fraction of sp³-hybridized carbons (Fsp3) is 0.194. The van der Waals surface area contributed by atoms with Crippen molar-refractivity contribution in [3.63, 3.8) is 0 Å². The maximum atomic E-state index is 2.50. The highest BCUT2D eigenvalue weighted by Gasteiger charge is 2.24. The minimum Gasteiger partial charge on any atom is -0.0614 e. The third kappa shape index (κ3) is 8.03. The molecule has 0 aliphatic heterocycles. The van der Waals surface area contributed by atoms with Crippen LogP contribution in [0.2, 0.25) is 0 Å². The van der Waals surface area contributed by atoms with Gasteiger partial charge >= 0.3 is 0 Å². The Kier molecular flexibility index (Phi) is 10.4. The molecule has 306 valence electrons. The molecule has 0 N–H and O–H groups in total. The predicted molar refractivity (Wildman–Crippen MR) is 270 cm³/mol. The van der Waals surface area contributed by atoms with E-state index in [1.54, 1.807) is 0 Å². The topological polar surface area (TPSA) is 0 Å². The van der Waals surface area contributed by atoms with Gasteiger partial charge in [0.15, 0.2) is 0 Å². The highest BCUT2D eigenvalue weighted by atomic mass is 14.3. The molecule has 0 bridgehead atoms. The lowest BCUT2D eigenvalue weighted by Crippen LogP contribution is -2.11. The van der Waals surface area contributed by atoms with Crippen molar-refractivity contribution >= 4 is 21.5 Å². The minimum absolute atomic E-state index is 0.0454. The van der Waals surface area contributed by atoms with Gasteiger partial charge in [0.25, 0.3) is 0 Å². The molecule has 0 atom stereocenters. The summed E-state index contributed by atoms with van der Waals surface area (Å²) in [6, 6.07) is 64.9. The van der Waals surface area contributed by atoms with Crippen LogP contribution in [0.4, 0.5) is 0 Å². The van der Waals surface area contributed by atoms with Crippen LogP contribution >= 0.6 is 0 Å². The molecule has 0 aliphatic rings. The Hall–Kier alpha value is -6.50. The van der Waals surface area contributed by atoms with E-state index < -0.39 is 0 Å². The van der Waals surface area contributed by atoms with Crippen LogP contribution in [0.5, 0.6) is 0 Å². The minimum atomic E-state index is -0.0454. The Balaban J connectivity index is 1.45. The number of rotatable bonds is 6. The molecular weight excluding hydrogens is 745 g/mol. The van der Waals surface area contributed by atoms with Crippen molar-refractivity contribution in [3.05, 3.63) is 203 Å². The van der Waals surface area contributed by atoms with Crippen molar-refractivity contribution in [2.75, 3.05) is 0 Å². The average Bonchev–Trinajstić information content (AvgIpc) is 3.24. The van der Waals surface area contributed by atoms with Crippen LogP contribution in [-0.4, -0.2) is 0 Å². The van der Waals surface area contributed by atoms with Crippen molar-refractivity contribution in [1.29, 1.82) is 0 Å². The fourth-order valence-electron chi connectivity index (χ4n) is 9.29. The molecule has 0 unspecified atom stereocenters. The van der Waals surface area contributed by atoms with E-state index >= 15 is 0 Å². The first-order valence-electron chi connectivity index (χ1n) is 22.2. The number of fused-ring (bicyclic) bond motifs is 2. The Morgan fingerprint density at radius 2 is 0.516 bits per heavy atom. The average molecular weight is 803 g/mol. The van der Waals surface area contributed by atoms with Crippen LogP contribution in [0.1, 0.15) is 74.9 Å². The fourth-order valence-corrected chi connectivity index (χ4v) is 9.29. The molecule has 0 aliphatic carbocycles. The van der Waals surface area contributed by atoms with E-state index in [1.807, 2.05) is 0 Å². The maximum Gasteiger partial charge on any atom is -0.00258 e. The Morgan fingerprint density at radius 3 is 0.774 bits per heavy atom. The van der Waals surface area contributed by atoms with Gasteiger partial charge in [-0.2, -0.15) is 0 Å². The van der Waals surface area contributed by atoms with E-state index in [0.717, 1.165) is 0 Å². The van der Waals surface area contributed by atoms with Crippen LogP contribution in [-0.2, 0) is 10.8 Å². The maximum absolute atomic E-state index is 2.50. The van der Waals surface area contributed by atoms with Gasteiger partial charge in [-0.1, -0.05) is 185 Å². The van der Waals surface area contributed by atoms with E-state index in [4.69, 9.17) is 0 Å². The van der Waals surface area contributed by atoms with E-state index in [0.29, 0.717) is 0 Å². The van der Waals surface area contributed by atoms with Crippen LogP contribution in [0.3, 0.4) is 0 Å². The SMILES string of the molecule is Cc1cccc(-c2cc(-c3cccc(C)c3)cc(-c3c4ccc(C(C)(C)C)cc4c(-c4cc(-c5cccc(C)c5)cc(-c5cccc(C)c5)c4)c4ccc(C(C)(C)C)cc34)c2)c1. The molecule has 9 rings (SSSR count). The molecule has 9 aromatic carbocycles. The summed E-state index contributed by atoms with van der Waals surface area (Å²) in [6.45, 7) is 22.7. The standard InChI is InChI=1S/C62H58/c1-39-15-11-19-43(27-39)47-31-48(44-20-12-16-40(2)28-44)34-51(33-47)59-55-25-23-54(62(8,9)10)38-58(55)60(56-26-24-53(37-57(56)59)61(5,6)7)52-35-49(45-21-13-17-41(3)29-45)32-50(36-52)46-22-14-18-42(4)30-46/h11-38H,1-10H3. The van der Waals surface area contributed by atoms with E-state index in [2.05, 4.69) is 239 Å². The second-order valence-corrected chi connectivity index (χ2v) is 19.8. The van der Waals surface area contributed by atoms with Gasteiger partial charge in [0.1, 0.15) is 0 Å². The van der Waals surface area contributed by atoms with Gasteiger partial charge in [0, 0.05) is 0 Å². The van der Waals surface area contributed by atoms with Gasteiger partial charge in [-0.3, -0.25) is 0 Å². The first kappa shape index (κ1) is 40.9. The summed E-state index contributed by atoms with van der Waals surface area (Å²) in [6.07, 6.45) is 0. The van der Waals surface area contributed by atoms with Gasteiger partial charge in [-0.15, -0.1) is 0 Å². The van der Waals surface area contributed by atoms with Gasteiger partial charge in [0.05, 0.1) is 0 Å². The lowest BCUT2D eigenvalue weighted by atomic mass is 9.78.